The van der Waals surface area contributed by atoms with Gasteiger partial charge in [-0.2, -0.15) is 0 Å². The lowest BCUT2D eigenvalue weighted by Gasteiger charge is -2.20. The van der Waals surface area contributed by atoms with Gasteiger partial charge in [0.05, 0.1) is 5.25 Å². The minimum absolute atomic E-state index is 0.0420. The SMILES string of the molecule is C[C@@H](Sc1n[nH]c(=O)n1C)C(=O)N1CCc2ccccc21. The lowest BCUT2D eigenvalue weighted by molar-refractivity contribution is -0.117. The zero-order chi connectivity index (χ0) is 15.0. The summed E-state index contributed by atoms with van der Waals surface area (Å²) in [6.07, 6.45) is 0.889. The maximum absolute atomic E-state index is 12.6. The molecular formula is C14H16N4O2S. The van der Waals surface area contributed by atoms with E-state index in [0.717, 1.165) is 12.1 Å². The van der Waals surface area contributed by atoms with Gasteiger partial charge in [0, 0.05) is 19.3 Å². The largest absolute Gasteiger partial charge is 0.343 e. The van der Waals surface area contributed by atoms with Crippen molar-refractivity contribution in [3.05, 3.63) is 40.3 Å². The molecule has 0 aliphatic carbocycles. The van der Waals surface area contributed by atoms with E-state index in [4.69, 9.17) is 0 Å². The van der Waals surface area contributed by atoms with Crippen molar-refractivity contribution in [2.75, 3.05) is 11.4 Å². The van der Waals surface area contributed by atoms with Gasteiger partial charge in [0.1, 0.15) is 0 Å². The summed E-state index contributed by atoms with van der Waals surface area (Å²) in [4.78, 5) is 25.8. The number of hydrogen-bond donors (Lipinski definition) is 1. The van der Waals surface area contributed by atoms with E-state index < -0.39 is 0 Å². The first-order valence-electron chi connectivity index (χ1n) is 6.75. The molecule has 3 rings (SSSR count). The van der Waals surface area contributed by atoms with Gasteiger partial charge >= 0.3 is 5.69 Å². The number of fused-ring (bicyclic) bond motifs is 1. The molecule has 6 nitrogen and oxygen atoms in total. The molecule has 21 heavy (non-hydrogen) atoms. The lowest BCUT2D eigenvalue weighted by Crippen LogP contribution is -2.35. The van der Waals surface area contributed by atoms with Gasteiger partial charge in [0.15, 0.2) is 5.16 Å². The van der Waals surface area contributed by atoms with Crippen LogP contribution in [0.1, 0.15) is 12.5 Å². The van der Waals surface area contributed by atoms with Gasteiger partial charge in [-0.25, -0.2) is 9.89 Å². The third-order valence-electron chi connectivity index (χ3n) is 3.62. The van der Waals surface area contributed by atoms with Crippen LogP contribution in [0.15, 0.2) is 34.2 Å². The number of nitrogens with zero attached hydrogens (tertiary/aromatic N) is 3. The van der Waals surface area contributed by atoms with Crippen LogP contribution in [-0.4, -0.2) is 32.5 Å². The molecule has 1 aromatic carbocycles. The number of aromatic nitrogens is 3. The molecule has 1 aromatic heterocycles. The third-order valence-corrected chi connectivity index (χ3v) is 4.75. The van der Waals surface area contributed by atoms with E-state index in [0.29, 0.717) is 11.7 Å². The van der Waals surface area contributed by atoms with E-state index in [9.17, 15) is 9.59 Å². The van der Waals surface area contributed by atoms with Gasteiger partial charge in [-0.05, 0) is 25.0 Å². The number of anilines is 1. The maximum atomic E-state index is 12.6. The first-order chi connectivity index (χ1) is 10.1. The molecule has 2 heterocycles. The maximum Gasteiger partial charge on any atom is 0.343 e. The van der Waals surface area contributed by atoms with Crippen LogP contribution in [0, 0.1) is 0 Å². The zero-order valence-electron chi connectivity index (χ0n) is 11.9. The van der Waals surface area contributed by atoms with Gasteiger partial charge in [-0.3, -0.25) is 9.36 Å². The Kier molecular flexibility index (Phi) is 3.59. The van der Waals surface area contributed by atoms with Crippen molar-refractivity contribution in [1.29, 1.82) is 0 Å². The summed E-state index contributed by atoms with van der Waals surface area (Å²) >= 11 is 1.29. The summed E-state index contributed by atoms with van der Waals surface area (Å²) in [6, 6.07) is 7.96. The van der Waals surface area contributed by atoms with Crippen molar-refractivity contribution in [3.8, 4) is 0 Å². The van der Waals surface area contributed by atoms with Crippen molar-refractivity contribution in [1.82, 2.24) is 14.8 Å². The van der Waals surface area contributed by atoms with E-state index >= 15 is 0 Å². The fourth-order valence-electron chi connectivity index (χ4n) is 2.43. The summed E-state index contributed by atoms with van der Waals surface area (Å²) in [5.74, 6) is 0.0420. The standard InChI is InChI=1S/C14H16N4O2S/c1-9(21-14-16-15-13(20)17(14)2)12(19)18-8-7-10-5-3-4-6-11(10)18/h3-6,9H,7-8H2,1-2H3,(H,15,20)/t9-/m1/s1. The monoisotopic (exact) mass is 304 g/mol. The van der Waals surface area contributed by atoms with Crippen molar-refractivity contribution >= 4 is 23.4 Å². The minimum Gasteiger partial charge on any atom is -0.311 e. The Balaban J connectivity index is 1.77. The fourth-order valence-corrected chi connectivity index (χ4v) is 3.32. The normalized spacial score (nSPS) is 15.0. The highest BCUT2D eigenvalue weighted by Gasteiger charge is 2.29. The van der Waals surface area contributed by atoms with Crippen LogP contribution in [0.4, 0.5) is 5.69 Å². The average Bonchev–Trinajstić information content (AvgIpc) is 3.05. The zero-order valence-corrected chi connectivity index (χ0v) is 12.7. The Labute approximate surface area is 126 Å². The van der Waals surface area contributed by atoms with E-state index in [1.54, 1.807) is 7.05 Å². The predicted molar refractivity (Wildman–Crippen MR) is 81.6 cm³/mol. The van der Waals surface area contributed by atoms with E-state index in [2.05, 4.69) is 16.3 Å². The van der Waals surface area contributed by atoms with E-state index in [-0.39, 0.29) is 16.8 Å². The van der Waals surface area contributed by atoms with Crippen LogP contribution in [0.2, 0.25) is 0 Å². The number of rotatable bonds is 3. The number of H-pyrrole nitrogens is 1. The Morgan fingerprint density at radius 2 is 2.19 bits per heavy atom. The average molecular weight is 304 g/mol. The Bertz CT molecular complexity index is 737. The summed E-state index contributed by atoms with van der Waals surface area (Å²) < 4.78 is 1.41. The van der Waals surface area contributed by atoms with E-state index in [1.165, 1.54) is 21.9 Å². The molecule has 1 amide bonds. The molecule has 0 unspecified atom stereocenters. The first-order valence-corrected chi connectivity index (χ1v) is 7.63. The number of aromatic amines is 1. The first kappa shape index (κ1) is 13.9. The van der Waals surface area contributed by atoms with Crippen molar-refractivity contribution < 1.29 is 4.79 Å². The number of carbonyl (C=O) groups excluding carboxylic acids is 1. The highest BCUT2D eigenvalue weighted by Crippen LogP contribution is 2.30. The fraction of sp³-hybridized carbons (Fsp3) is 0.357. The van der Waals surface area contributed by atoms with Crippen LogP contribution in [0.5, 0.6) is 0 Å². The predicted octanol–water partition coefficient (Wildman–Crippen LogP) is 1.18. The molecule has 1 aliphatic heterocycles. The molecule has 0 spiro atoms. The number of carbonyl (C=O) groups is 1. The van der Waals surface area contributed by atoms with Crippen LogP contribution < -0.4 is 10.6 Å². The summed E-state index contributed by atoms with van der Waals surface area (Å²) in [6.45, 7) is 2.55. The number of para-hydroxylation sites is 1. The van der Waals surface area contributed by atoms with Crippen molar-refractivity contribution in [3.63, 3.8) is 0 Å². The molecule has 7 heteroatoms. The number of benzene rings is 1. The minimum atomic E-state index is -0.301. The molecular weight excluding hydrogens is 288 g/mol. The van der Waals surface area contributed by atoms with Crippen molar-refractivity contribution in [2.45, 2.75) is 23.8 Å². The number of hydrogen-bond acceptors (Lipinski definition) is 4. The molecule has 1 N–H and O–H groups in total. The smallest absolute Gasteiger partial charge is 0.311 e. The molecule has 1 atom stereocenters. The summed E-state index contributed by atoms with van der Waals surface area (Å²) in [5.41, 5.74) is 1.92. The highest BCUT2D eigenvalue weighted by atomic mass is 32.2. The van der Waals surface area contributed by atoms with Gasteiger partial charge in [-0.1, -0.05) is 30.0 Å². The van der Waals surface area contributed by atoms with Crippen LogP contribution in [0.3, 0.4) is 0 Å². The van der Waals surface area contributed by atoms with Gasteiger partial charge in [-0.15, -0.1) is 5.10 Å². The van der Waals surface area contributed by atoms with Crippen molar-refractivity contribution in [2.24, 2.45) is 7.05 Å². The lowest BCUT2D eigenvalue weighted by atomic mass is 10.2. The second kappa shape index (κ2) is 5.40. The number of nitrogens with one attached hydrogen (secondary N) is 1. The molecule has 1 aliphatic rings. The molecule has 110 valence electrons. The Morgan fingerprint density at radius 3 is 2.90 bits per heavy atom. The third kappa shape index (κ3) is 2.49. The van der Waals surface area contributed by atoms with E-state index in [1.807, 2.05) is 30.0 Å². The molecule has 2 aromatic rings. The van der Waals surface area contributed by atoms with Crippen LogP contribution >= 0.6 is 11.8 Å². The summed E-state index contributed by atoms with van der Waals surface area (Å²) in [7, 11) is 1.64. The quantitative estimate of drug-likeness (QED) is 0.864. The second-order valence-electron chi connectivity index (χ2n) is 5.00. The molecule has 0 fully saturated rings. The number of amides is 1. The molecule has 0 saturated carbocycles. The van der Waals surface area contributed by atoms with Crippen LogP contribution in [0.25, 0.3) is 0 Å². The number of thioether (sulfide) groups is 1. The van der Waals surface area contributed by atoms with Gasteiger partial charge in [0.25, 0.3) is 0 Å². The van der Waals surface area contributed by atoms with Crippen LogP contribution in [-0.2, 0) is 18.3 Å². The topological polar surface area (TPSA) is 71.0 Å². The van der Waals surface area contributed by atoms with Gasteiger partial charge in [0.2, 0.25) is 5.91 Å². The molecule has 0 bridgehead atoms. The second-order valence-corrected chi connectivity index (χ2v) is 6.31. The van der Waals surface area contributed by atoms with Gasteiger partial charge < -0.3 is 4.90 Å². The highest BCUT2D eigenvalue weighted by molar-refractivity contribution is 8.00. The molecule has 0 radical (unpaired) electrons. The summed E-state index contributed by atoms with van der Waals surface area (Å²) in [5, 5.41) is 6.53. The Hall–Kier alpha value is -2.02. The molecule has 0 saturated heterocycles. The Morgan fingerprint density at radius 1 is 1.43 bits per heavy atom.